The minimum Gasteiger partial charge on any atom is -0.353 e. The van der Waals surface area contributed by atoms with Gasteiger partial charge in [0.25, 0.3) is 0 Å². The average Bonchev–Trinajstić information content (AvgIpc) is 2.96. The molecule has 4 rings (SSSR count). The molecule has 4 heterocycles. The van der Waals surface area contributed by atoms with E-state index in [4.69, 9.17) is 9.97 Å². The average molecular weight is 309 g/mol. The Hall–Kier alpha value is -2.54. The Labute approximate surface area is 134 Å². The number of aryl methyl sites for hydroxylation is 1. The minimum absolute atomic E-state index is 0.440. The number of rotatable bonds is 2. The summed E-state index contributed by atoms with van der Waals surface area (Å²) < 4.78 is 1.80. The molecule has 0 unspecified atom stereocenters. The molecule has 23 heavy (non-hydrogen) atoms. The quantitative estimate of drug-likeness (QED) is 0.767. The molecule has 1 atom stereocenters. The fraction of sp³-hybridized carbons (Fsp3) is 0.375. The number of nitrogens with one attached hydrogen (secondary N) is 1. The zero-order valence-electron chi connectivity index (χ0n) is 13.3. The van der Waals surface area contributed by atoms with Gasteiger partial charge in [0.05, 0.1) is 11.6 Å². The summed E-state index contributed by atoms with van der Waals surface area (Å²) in [5.41, 5.74) is 1.82. The lowest BCUT2D eigenvalue weighted by Crippen LogP contribution is -2.49. The first-order valence-corrected chi connectivity index (χ1v) is 7.81. The Morgan fingerprint density at radius 1 is 1.22 bits per heavy atom. The van der Waals surface area contributed by atoms with Crippen molar-refractivity contribution in [2.45, 2.75) is 13.0 Å². The van der Waals surface area contributed by atoms with Crippen LogP contribution in [0.25, 0.3) is 22.4 Å². The summed E-state index contributed by atoms with van der Waals surface area (Å²) in [5, 5.41) is 8.83. The van der Waals surface area contributed by atoms with Crippen LogP contribution in [0.15, 0.2) is 30.7 Å². The summed E-state index contributed by atoms with van der Waals surface area (Å²) in [5.74, 6) is 1.67. The molecule has 0 radical (unpaired) electrons. The number of aromatic nitrogens is 5. The third-order valence-electron chi connectivity index (χ3n) is 4.18. The van der Waals surface area contributed by atoms with E-state index in [0.29, 0.717) is 11.9 Å². The minimum atomic E-state index is 0.440. The highest BCUT2D eigenvalue weighted by atomic mass is 15.3. The largest absolute Gasteiger partial charge is 0.353 e. The SMILES string of the molecule is C[C@@H]1CN(c2nc(-c3ccncc3)nc3c2cnn3C)CCN1. The third kappa shape index (κ3) is 2.53. The topological polar surface area (TPSA) is 71.8 Å². The van der Waals surface area contributed by atoms with E-state index in [9.17, 15) is 0 Å². The Balaban J connectivity index is 1.88. The van der Waals surface area contributed by atoms with Crippen molar-refractivity contribution in [3.05, 3.63) is 30.7 Å². The Morgan fingerprint density at radius 2 is 2.04 bits per heavy atom. The molecule has 0 saturated carbocycles. The third-order valence-corrected chi connectivity index (χ3v) is 4.18. The standard InChI is InChI=1S/C16H19N7/c1-11-10-23(8-7-18-11)16-13-9-19-22(2)15(13)20-14(21-16)12-3-5-17-6-4-12/h3-6,9,11,18H,7-8,10H2,1-2H3/t11-/m1/s1. The number of anilines is 1. The normalized spacial score (nSPS) is 18.5. The first-order chi connectivity index (χ1) is 11.2. The Bertz CT molecular complexity index is 827. The second-order valence-corrected chi connectivity index (χ2v) is 5.91. The lowest BCUT2D eigenvalue weighted by Gasteiger charge is -2.33. The van der Waals surface area contributed by atoms with Crippen molar-refractivity contribution in [2.24, 2.45) is 7.05 Å². The molecule has 1 aliphatic rings. The molecule has 0 spiro atoms. The van der Waals surface area contributed by atoms with Gasteiger partial charge in [-0.05, 0) is 19.1 Å². The molecule has 3 aromatic heterocycles. The maximum atomic E-state index is 4.85. The van der Waals surface area contributed by atoms with E-state index in [2.05, 4.69) is 27.2 Å². The van der Waals surface area contributed by atoms with E-state index >= 15 is 0 Å². The van der Waals surface area contributed by atoms with Crippen LogP contribution >= 0.6 is 0 Å². The lowest BCUT2D eigenvalue weighted by molar-refractivity contribution is 0.483. The lowest BCUT2D eigenvalue weighted by atomic mass is 10.2. The molecular formula is C16H19N7. The van der Waals surface area contributed by atoms with Crippen LogP contribution in [0.3, 0.4) is 0 Å². The highest BCUT2D eigenvalue weighted by molar-refractivity contribution is 5.88. The Kier molecular flexibility index (Phi) is 3.42. The first-order valence-electron chi connectivity index (χ1n) is 7.81. The van der Waals surface area contributed by atoms with Crippen LogP contribution in [0.5, 0.6) is 0 Å². The fourth-order valence-corrected chi connectivity index (χ4v) is 3.00. The van der Waals surface area contributed by atoms with E-state index in [0.717, 1.165) is 42.0 Å². The number of pyridine rings is 1. The van der Waals surface area contributed by atoms with Crippen LogP contribution < -0.4 is 10.2 Å². The van der Waals surface area contributed by atoms with E-state index in [1.54, 1.807) is 17.1 Å². The van der Waals surface area contributed by atoms with Crippen LogP contribution in [-0.2, 0) is 7.05 Å². The molecule has 1 saturated heterocycles. The van der Waals surface area contributed by atoms with Crippen LogP contribution in [0.1, 0.15) is 6.92 Å². The molecule has 0 aromatic carbocycles. The molecular weight excluding hydrogens is 290 g/mol. The number of fused-ring (bicyclic) bond motifs is 1. The van der Waals surface area contributed by atoms with Gasteiger partial charge in [-0.15, -0.1) is 0 Å². The molecule has 3 aromatic rings. The number of hydrogen-bond acceptors (Lipinski definition) is 6. The molecule has 0 aliphatic carbocycles. The predicted octanol–water partition coefficient (Wildman–Crippen LogP) is 1.22. The number of hydrogen-bond donors (Lipinski definition) is 1. The predicted molar refractivity (Wildman–Crippen MR) is 89.2 cm³/mol. The summed E-state index contributed by atoms with van der Waals surface area (Å²) in [6.45, 7) is 5.01. The highest BCUT2D eigenvalue weighted by Crippen LogP contribution is 2.27. The summed E-state index contributed by atoms with van der Waals surface area (Å²) in [7, 11) is 1.91. The van der Waals surface area contributed by atoms with Gasteiger partial charge in [0, 0.05) is 50.7 Å². The van der Waals surface area contributed by atoms with E-state index < -0.39 is 0 Å². The zero-order chi connectivity index (χ0) is 15.8. The van der Waals surface area contributed by atoms with Gasteiger partial charge in [0.15, 0.2) is 11.5 Å². The second kappa shape index (κ2) is 5.58. The zero-order valence-corrected chi connectivity index (χ0v) is 13.3. The molecule has 0 amide bonds. The van der Waals surface area contributed by atoms with Gasteiger partial charge in [0.2, 0.25) is 0 Å². The van der Waals surface area contributed by atoms with E-state index in [-0.39, 0.29) is 0 Å². The van der Waals surface area contributed by atoms with E-state index in [1.165, 1.54) is 0 Å². The van der Waals surface area contributed by atoms with Gasteiger partial charge in [-0.2, -0.15) is 5.10 Å². The van der Waals surface area contributed by atoms with Crippen molar-refractivity contribution < 1.29 is 0 Å². The molecule has 1 N–H and O–H groups in total. The number of nitrogens with zero attached hydrogens (tertiary/aromatic N) is 6. The maximum Gasteiger partial charge on any atom is 0.164 e. The maximum absolute atomic E-state index is 4.85. The summed E-state index contributed by atoms with van der Waals surface area (Å²) in [4.78, 5) is 15.9. The van der Waals surface area contributed by atoms with Gasteiger partial charge in [-0.25, -0.2) is 9.97 Å². The summed E-state index contributed by atoms with van der Waals surface area (Å²) in [6, 6.07) is 4.30. The Morgan fingerprint density at radius 3 is 2.83 bits per heavy atom. The first kappa shape index (κ1) is 14.1. The van der Waals surface area contributed by atoms with Crippen LogP contribution in [0, 0.1) is 0 Å². The second-order valence-electron chi connectivity index (χ2n) is 5.91. The molecule has 0 bridgehead atoms. The molecule has 1 aliphatic heterocycles. The molecule has 1 fully saturated rings. The van der Waals surface area contributed by atoms with Gasteiger partial charge in [-0.3, -0.25) is 9.67 Å². The van der Waals surface area contributed by atoms with Gasteiger partial charge in [-0.1, -0.05) is 0 Å². The highest BCUT2D eigenvalue weighted by Gasteiger charge is 2.22. The smallest absolute Gasteiger partial charge is 0.164 e. The van der Waals surface area contributed by atoms with Gasteiger partial charge >= 0.3 is 0 Å². The monoisotopic (exact) mass is 309 g/mol. The van der Waals surface area contributed by atoms with Crippen LogP contribution in [0.4, 0.5) is 5.82 Å². The van der Waals surface area contributed by atoms with Crippen molar-refractivity contribution in [1.82, 2.24) is 30.0 Å². The van der Waals surface area contributed by atoms with Crippen LogP contribution in [0.2, 0.25) is 0 Å². The summed E-state index contributed by atoms with van der Waals surface area (Å²) >= 11 is 0. The van der Waals surface area contributed by atoms with Crippen molar-refractivity contribution in [1.29, 1.82) is 0 Å². The molecule has 7 nitrogen and oxygen atoms in total. The van der Waals surface area contributed by atoms with Gasteiger partial charge < -0.3 is 10.2 Å². The van der Waals surface area contributed by atoms with Crippen LogP contribution in [-0.4, -0.2) is 50.4 Å². The van der Waals surface area contributed by atoms with Crippen molar-refractivity contribution >= 4 is 16.9 Å². The van der Waals surface area contributed by atoms with Crippen molar-refractivity contribution in [3.8, 4) is 11.4 Å². The number of piperazine rings is 1. The van der Waals surface area contributed by atoms with Crippen molar-refractivity contribution in [2.75, 3.05) is 24.5 Å². The van der Waals surface area contributed by atoms with E-state index in [1.807, 2.05) is 25.4 Å². The molecule has 118 valence electrons. The molecule has 7 heteroatoms. The van der Waals surface area contributed by atoms with Gasteiger partial charge in [0.1, 0.15) is 5.82 Å². The summed E-state index contributed by atoms with van der Waals surface area (Å²) in [6.07, 6.45) is 5.38. The fourth-order valence-electron chi connectivity index (χ4n) is 3.00. The van der Waals surface area contributed by atoms with Crippen molar-refractivity contribution in [3.63, 3.8) is 0 Å².